The van der Waals surface area contributed by atoms with Crippen LogP contribution in [0.3, 0.4) is 0 Å². The Morgan fingerprint density at radius 1 is 1.42 bits per heavy atom. The Labute approximate surface area is 115 Å². The number of amides is 1. The van der Waals surface area contributed by atoms with Crippen LogP contribution < -0.4 is 4.90 Å². The Morgan fingerprint density at radius 2 is 2.05 bits per heavy atom. The van der Waals surface area contributed by atoms with Crippen LogP contribution in [0.15, 0.2) is 12.1 Å². The Balaban J connectivity index is 2.47. The van der Waals surface area contributed by atoms with Gasteiger partial charge in [0.05, 0.1) is 11.0 Å². The van der Waals surface area contributed by atoms with Gasteiger partial charge in [-0.15, -0.1) is 0 Å². The number of nitro groups is 1. The van der Waals surface area contributed by atoms with Crippen molar-refractivity contribution in [2.75, 3.05) is 16.8 Å². The summed E-state index contributed by atoms with van der Waals surface area (Å²) in [6, 6.07) is 1.20. The van der Waals surface area contributed by atoms with Crippen molar-refractivity contribution in [3.05, 3.63) is 33.9 Å². The molecule has 0 bridgehead atoms. The van der Waals surface area contributed by atoms with Gasteiger partial charge in [0.25, 0.3) is 5.69 Å². The topological polar surface area (TPSA) is 63.5 Å². The molecular weight excluding hydrogens is 326 g/mol. The minimum absolute atomic E-state index is 0.000202. The highest BCUT2D eigenvalue weighted by molar-refractivity contribution is 9.09. The number of hydrogen-bond acceptors (Lipinski definition) is 3. The second-order valence-electron chi connectivity index (χ2n) is 4.24. The van der Waals surface area contributed by atoms with E-state index in [4.69, 9.17) is 0 Å². The first-order valence-corrected chi connectivity index (χ1v) is 6.56. The summed E-state index contributed by atoms with van der Waals surface area (Å²) in [5.74, 6) is -2.85. The summed E-state index contributed by atoms with van der Waals surface area (Å²) in [6.45, 7) is 0.246. The second-order valence-corrected chi connectivity index (χ2v) is 4.89. The summed E-state index contributed by atoms with van der Waals surface area (Å²) >= 11 is 3.23. The smallest absolute Gasteiger partial charge is 0.296 e. The van der Waals surface area contributed by atoms with Crippen molar-refractivity contribution in [1.82, 2.24) is 0 Å². The Hall–Kier alpha value is -1.57. The number of halogens is 3. The molecule has 1 aromatic rings. The van der Waals surface area contributed by atoms with Gasteiger partial charge in [-0.3, -0.25) is 14.9 Å². The molecule has 0 aromatic heterocycles. The highest BCUT2D eigenvalue weighted by Crippen LogP contribution is 2.34. The lowest BCUT2D eigenvalue weighted by molar-refractivity contribution is -0.384. The number of alkyl halides is 1. The van der Waals surface area contributed by atoms with E-state index in [1.807, 2.05) is 0 Å². The Kier molecular flexibility index (Phi) is 3.79. The number of benzene rings is 1. The van der Waals surface area contributed by atoms with Gasteiger partial charge in [0.1, 0.15) is 5.69 Å². The van der Waals surface area contributed by atoms with Crippen LogP contribution in [0.4, 0.5) is 20.2 Å². The van der Waals surface area contributed by atoms with E-state index in [2.05, 4.69) is 15.9 Å². The van der Waals surface area contributed by atoms with Gasteiger partial charge >= 0.3 is 0 Å². The number of carbonyl (C=O) groups excluding carboxylic acids is 1. The summed E-state index contributed by atoms with van der Waals surface area (Å²) in [6.07, 6.45) is 0.224. The van der Waals surface area contributed by atoms with Crippen LogP contribution in [0.2, 0.25) is 0 Å². The third kappa shape index (κ3) is 2.58. The molecule has 1 amide bonds. The van der Waals surface area contributed by atoms with Crippen LogP contribution in [-0.4, -0.2) is 22.7 Å². The molecule has 0 aliphatic carbocycles. The third-order valence-corrected chi connectivity index (χ3v) is 3.84. The fourth-order valence-electron chi connectivity index (χ4n) is 2.01. The van der Waals surface area contributed by atoms with E-state index in [1.54, 1.807) is 0 Å². The normalized spacial score (nSPS) is 19.0. The summed E-state index contributed by atoms with van der Waals surface area (Å²) in [5, 5.41) is 11.4. The molecule has 1 saturated heterocycles. The molecule has 0 spiro atoms. The van der Waals surface area contributed by atoms with E-state index in [-0.39, 0.29) is 30.5 Å². The zero-order valence-corrected chi connectivity index (χ0v) is 11.2. The highest BCUT2D eigenvalue weighted by atomic mass is 79.9. The average Bonchev–Trinajstić information content (AvgIpc) is 2.73. The van der Waals surface area contributed by atoms with Gasteiger partial charge in [-0.05, 0) is 5.92 Å². The van der Waals surface area contributed by atoms with Crippen molar-refractivity contribution in [3.63, 3.8) is 0 Å². The number of carbonyl (C=O) groups is 1. The van der Waals surface area contributed by atoms with E-state index in [9.17, 15) is 23.7 Å². The third-order valence-electron chi connectivity index (χ3n) is 2.93. The number of rotatable bonds is 3. The summed E-state index contributed by atoms with van der Waals surface area (Å²) in [4.78, 5) is 23.0. The van der Waals surface area contributed by atoms with Gasteiger partial charge in [0, 0.05) is 24.4 Å². The van der Waals surface area contributed by atoms with Crippen LogP contribution in [0.5, 0.6) is 0 Å². The minimum atomic E-state index is -1.31. The van der Waals surface area contributed by atoms with Crippen molar-refractivity contribution in [2.24, 2.45) is 5.92 Å². The van der Waals surface area contributed by atoms with Crippen LogP contribution in [0, 0.1) is 27.7 Å². The van der Waals surface area contributed by atoms with Crippen molar-refractivity contribution >= 4 is 33.2 Å². The maximum absolute atomic E-state index is 13.2. The zero-order valence-electron chi connectivity index (χ0n) is 9.61. The number of hydrogen-bond donors (Lipinski definition) is 0. The van der Waals surface area contributed by atoms with E-state index in [0.29, 0.717) is 17.5 Å². The lowest BCUT2D eigenvalue weighted by atomic mass is 10.2. The molecule has 5 nitrogen and oxygen atoms in total. The number of anilines is 1. The fraction of sp³-hybridized carbons (Fsp3) is 0.364. The molecule has 1 aromatic carbocycles. The zero-order chi connectivity index (χ0) is 14.2. The molecule has 1 atom stereocenters. The second kappa shape index (κ2) is 5.20. The monoisotopic (exact) mass is 334 g/mol. The SMILES string of the molecule is O=C1CC(CBr)CN1c1cc(F)c(F)cc1[N+](=O)[O-]. The molecule has 2 rings (SSSR count). The summed E-state index contributed by atoms with van der Waals surface area (Å²) < 4.78 is 26.3. The van der Waals surface area contributed by atoms with Gasteiger partial charge in [0.2, 0.25) is 5.91 Å². The van der Waals surface area contributed by atoms with Gasteiger partial charge < -0.3 is 4.90 Å². The predicted octanol–water partition coefficient (Wildman–Crippen LogP) is 2.62. The van der Waals surface area contributed by atoms with Gasteiger partial charge in [-0.25, -0.2) is 8.78 Å². The maximum Gasteiger partial charge on any atom is 0.296 e. The Morgan fingerprint density at radius 3 is 2.58 bits per heavy atom. The lowest BCUT2D eigenvalue weighted by Crippen LogP contribution is -2.25. The van der Waals surface area contributed by atoms with Crippen molar-refractivity contribution in [3.8, 4) is 0 Å². The van der Waals surface area contributed by atoms with Gasteiger partial charge in [-0.2, -0.15) is 0 Å². The van der Waals surface area contributed by atoms with Crippen molar-refractivity contribution in [2.45, 2.75) is 6.42 Å². The molecule has 0 saturated carbocycles. The van der Waals surface area contributed by atoms with Crippen LogP contribution >= 0.6 is 15.9 Å². The minimum Gasteiger partial charge on any atom is -0.306 e. The maximum atomic E-state index is 13.2. The molecule has 102 valence electrons. The number of nitro benzene ring substituents is 1. The van der Waals surface area contributed by atoms with E-state index in [1.165, 1.54) is 0 Å². The molecule has 1 aliphatic rings. The molecular formula is C11H9BrF2N2O3. The molecule has 1 heterocycles. The Bertz CT molecular complexity index is 553. The first-order chi connectivity index (χ1) is 8.93. The molecule has 0 radical (unpaired) electrons. The molecule has 1 fully saturated rings. The number of nitrogens with zero attached hydrogens (tertiary/aromatic N) is 2. The first kappa shape index (κ1) is 13.9. The van der Waals surface area contributed by atoms with Crippen LogP contribution in [0.25, 0.3) is 0 Å². The van der Waals surface area contributed by atoms with Gasteiger partial charge in [-0.1, -0.05) is 15.9 Å². The van der Waals surface area contributed by atoms with Gasteiger partial charge in [0.15, 0.2) is 11.6 Å². The molecule has 1 unspecified atom stereocenters. The fourth-order valence-corrected chi connectivity index (χ4v) is 2.44. The molecule has 0 N–H and O–H groups in total. The van der Waals surface area contributed by atoms with Crippen LogP contribution in [-0.2, 0) is 4.79 Å². The molecule has 19 heavy (non-hydrogen) atoms. The van der Waals surface area contributed by atoms with Crippen molar-refractivity contribution in [1.29, 1.82) is 0 Å². The molecule has 8 heteroatoms. The quantitative estimate of drug-likeness (QED) is 0.485. The van der Waals surface area contributed by atoms with E-state index < -0.39 is 22.2 Å². The predicted molar refractivity (Wildman–Crippen MR) is 67.3 cm³/mol. The molecule has 1 aliphatic heterocycles. The first-order valence-electron chi connectivity index (χ1n) is 5.43. The lowest BCUT2D eigenvalue weighted by Gasteiger charge is -2.16. The standard InChI is InChI=1S/C11H9BrF2N2O3/c12-4-6-1-11(17)15(5-6)9-2-7(13)8(14)3-10(9)16(18)19/h2-3,6H,1,4-5H2. The average molecular weight is 335 g/mol. The summed E-state index contributed by atoms with van der Waals surface area (Å²) in [7, 11) is 0. The van der Waals surface area contributed by atoms with Crippen molar-refractivity contribution < 1.29 is 18.5 Å². The highest BCUT2D eigenvalue weighted by Gasteiger charge is 2.34. The van der Waals surface area contributed by atoms with E-state index >= 15 is 0 Å². The summed E-state index contributed by atoms with van der Waals surface area (Å²) in [5.41, 5.74) is -0.806. The largest absolute Gasteiger partial charge is 0.306 e. The van der Waals surface area contributed by atoms with Crippen LogP contribution in [0.1, 0.15) is 6.42 Å². The van der Waals surface area contributed by atoms with E-state index in [0.717, 1.165) is 4.90 Å².